The lowest BCUT2D eigenvalue weighted by Crippen LogP contribution is -2.26. The molecule has 0 saturated carbocycles. The van der Waals surface area contributed by atoms with Gasteiger partial charge in [0.05, 0.1) is 5.52 Å². The number of aromatic carboxylic acids is 1. The van der Waals surface area contributed by atoms with Crippen LogP contribution < -0.4 is 16.1 Å². The number of para-hydroxylation sites is 1. The maximum atomic E-state index is 12.9. The summed E-state index contributed by atoms with van der Waals surface area (Å²) in [6.07, 6.45) is 1.78. The van der Waals surface area contributed by atoms with E-state index in [0.29, 0.717) is 17.6 Å². The number of carbonyl (C=O) groups excluding carboxylic acids is 1. The Hall–Kier alpha value is -3.61. The second kappa shape index (κ2) is 7.33. The van der Waals surface area contributed by atoms with Gasteiger partial charge in [0.1, 0.15) is 5.56 Å². The molecule has 1 heterocycles. The van der Waals surface area contributed by atoms with Gasteiger partial charge in [0.25, 0.3) is 0 Å². The SMILES string of the molecule is CCc1ccc(NC)cc1NC(=O)n1cc(C(=O)O)c(=O)c2ccccc21. The molecule has 7 heteroatoms. The topological polar surface area (TPSA) is 100 Å². The number of hydrogen-bond donors (Lipinski definition) is 3. The molecule has 2 aromatic carbocycles. The molecule has 0 fully saturated rings. The first kappa shape index (κ1) is 18.2. The second-order valence-corrected chi connectivity index (χ2v) is 5.97. The lowest BCUT2D eigenvalue weighted by Gasteiger charge is -2.15. The number of aryl methyl sites for hydroxylation is 1. The molecule has 138 valence electrons. The van der Waals surface area contributed by atoms with E-state index >= 15 is 0 Å². The van der Waals surface area contributed by atoms with Gasteiger partial charge in [-0.25, -0.2) is 9.59 Å². The van der Waals surface area contributed by atoms with Crippen LogP contribution in [0.4, 0.5) is 16.2 Å². The van der Waals surface area contributed by atoms with E-state index in [0.717, 1.165) is 22.0 Å². The Kier molecular flexibility index (Phi) is 4.94. The van der Waals surface area contributed by atoms with Crippen molar-refractivity contribution in [3.63, 3.8) is 0 Å². The number of rotatable bonds is 4. The van der Waals surface area contributed by atoms with Crippen molar-refractivity contribution in [1.82, 2.24) is 4.57 Å². The molecular weight excluding hydrogens is 346 g/mol. The van der Waals surface area contributed by atoms with E-state index in [4.69, 9.17) is 0 Å². The largest absolute Gasteiger partial charge is 0.477 e. The van der Waals surface area contributed by atoms with E-state index in [1.165, 1.54) is 6.07 Å². The Morgan fingerprint density at radius 1 is 1.15 bits per heavy atom. The third-order valence-corrected chi connectivity index (χ3v) is 4.38. The van der Waals surface area contributed by atoms with Crippen molar-refractivity contribution in [3.8, 4) is 0 Å². The summed E-state index contributed by atoms with van der Waals surface area (Å²) in [4.78, 5) is 36.7. The average molecular weight is 365 g/mol. The smallest absolute Gasteiger partial charge is 0.341 e. The summed E-state index contributed by atoms with van der Waals surface area (Å²) in [6.45, 7) is 1.97. The zero-order chi connectivity index (χ0) is 19.6. The zero-order valence-corrected chi connectivity index (χ0v) is 14.9. The first-order valence-corrected chi connectivity index (χ1v) is 8.46. The van der Waals surface area contributed by atoms with E-state index < -0.39 is 23.0 Å². The predicted molar refractivity (Wildman–Crippen MR) is 105 cm³/mol. The number of nitrogens with one attached hydrogen (secondary N) is 2. The van der Waals surface area contributed by atoms with Crippen LogP contribution in [-0.4, -0.2) is 28.7 Å². The molecular formula is C20H19N3O4. The third kappa shape index (κ3) is 3.39. The van der Waals surface area contributed by atoms with Crippen LogP contribution >= 0.6 is 0 Å². The highest BCUT2D eigenvalue weighted by Gasteiger charge is 2.18. The van der Waals surface area contributed by atoms with Gasteiger partial charge in [0.15, 0.2) is 0 Å². The lowest BCUT2D eigenvalue weighted by molar-refractivity contribution is 0.0695. The Balaban J connectivity index is 2.13. The number of nitrogens with zero attached hydrogens (tertiary/aromatic N) is 1. The van der Waals surface area contributed by atoms with Gasteiger partial charge in [0.2, 0.25) is 5.43 Å². The van der Waals surface area contributed by atoms with Crippen LogP contribution in [-0.2, 0) is 6.42 Å². The molecule has 3 rings (SSSR count). The summed E-state index contributed by atoms with van der Waals surface area (Å²) >= 11 is 0. The fourth-order valence-corrected chi connectivity index (χ4v) is 2.93. The summed E-state index contributed by atoms with van der Waals surface area (Å²) in [6, 6.07) is 11.5. The number of carboxylic acids is 1. The van der Waals surface area contributed by atoms with Gasteiger partial charge in [-0.05, 0) is 36.2 Å². The molecule has 3 aromatic rings. The van der Waals surface area contributed by atoms with Gasteiger partial charge in [-0.15, -0.1) is 0 Å². The van der Waals surface area contributed by atoms with Crippen molar-refractivity contribution in [2.24, 2.45) is 0 Å². The number of hydrogen-bond acceptors (Lipinski definition) is 4. The van der Waals surface area contributed by atoms with Crippen LogP contribution in [0, 0.1) is 0 Å². The molecule has 1 amide bonds. The van der Waals surface area contributed by atoms with Crippen molar-refractivity contribution in [2.45, 2.75) is 13.3 Å². The molecule has 0 atom stereocenters. The molecule has 0 aliphatic rings. The Bertz CT molecular complexity index is 1100. The summed E-state index contributed by atoms with van der Waals surface area (Å²) in [5, 5.41) is 15.3. The molecule has 0 spiro atoms. The highest BCUT2D eigenvalue weighted by molar-refractivity contribution is 6.01. The van der Waals surface area contributed by atoms with Crippen molar-refractivity contribution in [3.05, 3.63) is 70.0 Å². The fraction of sp³-hybridized carbons (Fsp3) is 0.150. The van der Waals surface area contributed by atoms with E-state index in [1.807, 2.05) is 19.1 Å². The highest BCUT2D eigenvalue weighted by atomic mass is 16.4. The van der Waals surface area contributed by atoms with E-state index in [9.17, 15) is 19.5 Å². The molecule has 0 aliphatic carbocycles. The number of fused-ring (bicyclic) bond motifs is 1. The molecule has 3 N–H and O–H groups in total. The van der Waals surface area contributed by atoms with Crippen molar-refractivity contribution in [1.29, 1.82) is 0 Å². The minimum atomic E-state index is -1.38. The summed E-state index contributed by atoms with van der Waals surface area (Å²) < 4.78 is 1.16. The molecule has 7 nitrogen and oxygen atoms in total. The van der Waals surface area contributed by atoms with Gasteiger partial charge < -0.3 is 15.7 Å². The number of anilines is 2. The predicted octanol–water partition coefficient (Wildman–Crippen LogP) is 3.38. The number of pyridine rings is 1. The minimum Gasteiger partial charge on any atom is -0.477 e. The standard InChI is InChI=1S/C20H19N3O4/c1-3-12-8-9-13(21-2)10-16(12)22-20(27)23-11-15(19(25)26)18(24)14-6-4-5-7-17(14)23/h4-11,21H,3H2,1-2H3,(H,22,27)(H,25,26). The zero-order valence-electron chi connectivity index (χ0n) is 14.9. The Morgan fingerprint density at radius 2 is 1.89 bits per heavy atom. The first-order chi connectivity index (χ1) is 13.0. The van der Waals surface area contributed by atoms with Gasteiger partial charge >= 0.3 is 12.0 Å². The van der Waals surface area contributed by atoms with Gasteiger partial charge in [-0.1, -0.05) is 25.1 Å². The minimum absolute atomic E-state index is 0.173. The summed E-state index contributed by atoms with van der Waals surface area (Å²) in [7, 11) is 1.78. The maximum absolute atomic E-state index is 12.9. The molecule has 0 unspecified atom stereocenters. The van der Waals surface area contributed by atoms with E-state index in [2.05, 4.69) is 10.6 Å². The Labute approximate surface area is 155 Å². The van der Waals surface area contributed by atoms with Gasteiger partial charge in [0, 0.05) is 30.0 Å². The molecule has 0 saturated heterocycles. The van der Waals surface area contributed by atoms with Crippen LogP contribution in [0.15, 0.2) is 53.5 Å². The van der Waals surface area contributed by atoms with Crippen LogP contribution in [0.1, 0.15) is 22.8 Å². The third-order valence-electron chi connectivity index (χ3n) is 4.38. The summed E-state index contributed by atoms with van der Waals surface area (Å²) in [5.41, 5.74) is 1.66. The van der Waals surface area contributed by atoms with Gasteiger partial charge in [-0.3, -0.25) is 9.36 Å². The maximum Gasteiger partial charge on any atom is 0.341 e. The number of aromatic nitrogens is 1. The quantitative estimate of drug-likeness (QED) is 0.658. The van der Waals surface area contributed by atoms with Crippen LogP contribution in [0.25, 0.3) is 10.9 Å². The normalized spacial score (nSPS) is 10.6. The monoisotopic (exact) mass is 365 g/mol. The number of carboxylic acid groups (broad SMARTS) is 1. The summed E-state index contributed by atoms with van der Waals surface area (Å²) in [5.74, 6) is -1.38. The van der Waals surface area contributed by atoms with Crippen molar-refractivity contribution < 1.29 is 14.7 Å². The van der Waals surface area contributed by atoms with Crippen LogP contribution in [0.5, 0.6) is 0 Å². The number of benzene rings is 2. The second-order valence-electron chi connectivity index (χ2n) is 5.97. The molecule has 27 heavy (non-hydrogen) atoms. The fourth-order valence-electron chi connectivity index (χ4n) is 2.93. The molecule has 0 bridgehead atoms. The lowest BCUT2D eigenvalue weighted by atomic mass is 10.1. The van der Waals surface area contributed by atoms with Gasteiger partial charge in [-0.2, -0.15) is 0 Å². The van der Waals surface area contributed by atoms with Crippen LogP contribution in [0.3, 0.4) is 0 Å². The van der Waals surface area contributed by atoms with Crippen LogP contribution in [0.2, 0.25) is 0 Å². The molecule has 1 aromatic heterocycles. The molecule has 0 radical (unpaired) electrons. The Morgan fingerprint density at radius 3 is 2.56 bits per heavy atom. The van der Waals surface area contributed by atoms with E-state index in [-0.39, 0.29) is 5.39 Å². The van der Waals surface area contributed by atoms with Crippen molar-refractivity contribution >= 4 is 34.3 Å². The number of amides is 1. The van der Waals surface area contributed by atoms with E-state index in [1.54, 1.807) is 31.3 Å². The molecule has 0 aliphatic heterocycles. The average Bonchev–Trinajstić information content (AvgIpc) is 2.68. The highest BCUT2D eigenvalue weighted by Crippen LogP contribution is 2.22. The first-order valence-electron chi connectivity index (χ1n) is 8.46. The number of carbonyl (C=O) groups is 2. The van der Waals surface area contributed by atoms with Crippen molar-refractivity contribution in [2.75, 3.05) is 17.7 Å².